The first-order valence-electron chi connectivity index (χ1n) is 4.98. The van der Waals surface area contributed by atoms with Crippen LogP contribution in [0.15, 0.2) is 18.2 Å². The first kappa shape index (κ1) is 11.7. The predicted octanol–water partition coefficient (Wildman–Crippen LogP) is 1.94. The van der Waals surface area contributed by atoms with Gasteiger partial charge < -0.3 is 15.9 Å². The van der Waals surface area contributed by atoms with Crippen molar-refractivity contribution in [3.63, 3.8) is 0 Å². The second-order valence-electron chi connectivity index (χ2n) is 3.96. The summed E-state index contributed by atoms with van der Waals surface area (Å²) in [7, 11) is 3.85. The Morgan fingerprint density at radius 1 is 1.27 bits per heavy atom. The topological polar surface area (TPSA) is 50.5 Å². The van der Waals surface area contributed by atoms with Gasteiger partial charge in [0.05, 0.1) is 11.8 Å². The zero-order chi connectivity index (χ0) is 11.4. The molecule has 1 rings (SSSR count). The van der Waals surface area contributed by atoms with Crippen molar-refractivity contribution in [2.24, 2.45) is 0 Å². The van der Waals surface area contributed by atoms with Gasteiger partial charge in [-0.15, -0.1) is 0 Å². The van der Waals surface area contributed by atoms with Crippen LogP contribution in [0.3, 0.4) is 0 Å². The predicted molar refractivity (Wildman–Crippen MR) is 63.9 cm³/mol. The molecule has 3 N–H and O–H groups in total. The molecule has 1 aromatic rings. The number of nitrogens with zero attached hydrogens (tertiary/aromatic N) is 1. The molecule has 84 valence electrons. The molecule has 0 aliphatic rings. The first-order valence-corrected chi connectivity index (χ1v) is 4.98. The van der Waals surface area contributed by atoms with E-state index < -0.39 is 0 Å². The molecule has 4 heteroatoms. The number of ether oxygens (including phenoxy) is 1. The van der Waals surface area contributed by atoms with E-state index in [1.165, 1.54) is 0 Å². The van der Waals surface area contributed by atoms with Crippen molar-refractivity contribution in [2.75, 3.05) is 25.3 Å². The highest BCUT2D eigenvalue weighted by Crippen LogP contribution is 2.23. The van der Waals surface area contributed by atoms with Gasteiger partial charge in [-0.1, -0.05) is 0 Å². The molecule has 0 bridgehead atoms. The lowest BCUT2D eigenvalue weighted by Crippen LogP contribution is -2.19. The van der Waals surface area contributed by atoms with Gasteiger partial charge in [-0.2, -0.15) is 0 Å². The quantitative estimate of drug-likeness (QED) is 0.588. The van der Waals surface area contributed by atoms with Gasteiger partial charge >= 0.3 is 0 Å². The van der Waals surface area contributed by atoms with Crippen molar-refractivity contribution in [3.05, 3.63) is 18.2 Å². The molecule has 0 aliphatic heterocycles. The molecule has 15 heavy (non-hydrogen) atoms. The Kier molecular flexibility index (Phi) is 3.80. The number of rotatable bonds is 4. The molecule has 1 aromatic carbocycles. The van der Waals surface area contributed by atoms with Crippen molar-refractivity contribution in [3.8, 4) is 5.75 Å². The van der Waals surface area contributed by atoms with E-state index in [0.717, 1.165) is 11.4 Å². The maximum absolute atomic E-state index is 5.77. The molecule has 0 atom stereocenters. The number of anilines is 2. The van der Waals surface area contributed by atoms with E-state index in [1.807, 2.05) is 51.2 Å². The van der Waals surface area contributed by atoms with E-state index in [2.05, 4.69) is 5.43 Å². The van der Waals surface area contributed by atoms with E-state index in [9.17, 15) is 0 Å². The van der Waals surface area contributed by atoms with Gasteiger partial charge in [0.2, 0.25) is 0 Å². The van der Waals surface area contributed by atoms with Crippen LogP contribution in [0.2, 0.25) is 0 Å². The Morgan fingerprint density at radius 3 is 2.47 bits per heavy atom. The van der Waals surface area contributed by atoms with Gasteiger partial charge in [0, 0.05) is 31.9 Å². The number of hydrogen-bond donors (Lipinski definition) is 2. The summed E-state index contributed by atoms with van der Waals surface area (Å²) >= 11 is 0. The van der Waals surface area contributed by atoms with Crippen LogP contribution in [0.4, 0.5) is 11.4 Å². The molecular formula is C11H19N3O. The number of benzene rings is 1. The summed E-state index contributed by atoms with van der Waals surface area (Å²) in [5, 5.41) is 1.86. The molecule has 0 saturated heterocycles. The fraction of sp³-hybridized carbons (Fsp3) is 0.455. The molecule has 0 spiro atoms. The van der Waals surface area contributed by atoms with Crippen LogP contribution in [0, 0.1) is 0 Å². The molecule has 0 amide bonds. The van der Waals surface area contributed by atoms with E-state index in [1.54, 1.807) is 0 Å². The fourth-order valence-corrected chi connectivity index (χ4v) is 1.29. The van der Waals surface area contributed by atoms with Crippen LogP contribution < -0.4 is 15.9 Å². The summed E-state index contributed by atoms with van der Waals surface area (Å²) in [5.41, 5.74) is 10.5. The minimum atomic E-state index is 0.152. The van der Waals surface area contributed by atoms with Crippen molar-refractivity contribution < 1.29 is 4.74 Å². The minimum absolute atomic E-state index is 0.152. The smallest absolute Gasteiger partial charge is 0.123 e. The van der Waals surface area contributed by atoms with Gasteiger partial charge in [-0.3, -0.25) is 0 Å². The normalized spacial score (nSPS) is 10.8. The average Bonchev–Trinajstić information content (AvgIpc) is 1.98. The fourth-order valence-electron chi connectivity index (χ4n) is 1.29. The SMILES string of the molecule is CC(C)Oc1cc(N)cc(NN(C)C)c1. The molecule has 0 unspecified atom stereocenters. The number of nitrogen functional groups attached to an aromatic ring is 1. The Bertz CT molecular complexity index is 295. The van der Waals surface area contributed by atoms with Crippen LogP contribution in [0.25, 0.3) is 0 Å². The van der Waals surface area contributed by atoms with Crippen LogP contribution in [-0.4, -0.2) is 25.2 Å². The van der Waals surface area contributed by atoms with Crippen molar-refractivity contribution in [2.45, 2.75) is 20.0 Å². The largest absolute Gasteiger partial charge is 0.491 e. The highest BCUT2D eigenvalue weighted by Gasteiger charge is 2.02. The lowest BCUT2D eigenvalue weighted by Gasteiger charge is -2.16. The van der Waals surface area contributed by atoms with Crippen molar-refractivity contribution in [1.82, 2.24) is 5.01 Å². The van der Waals surface area contributed by atoms with E-state index in [4.69, 9.17) is 10.5 Å². The molecule has 0 heterocycles. The second kappa shape index (κ2) is 4.89. The monoisotopic (exact) mass is 209 g/mol. The first-order chi connectivity index (χ1) is 6.97. The lowest BCUT2D eigenvalue weighted by molar-refractivity contribution is 0.242. The second-order valence-corrected chi connectivity index (χ2v) is 3.96. The Hall–Kier alpha value is -1.42. The Balaban J connectivity index is 2.84. The third-order valence-corrected chi connectivity index (χ3v) is 1.65. The maximum Gasteiger partial charge on any atom is 0.123 e. The van der Waals surface area contributed by atoms with Crippen LogP contribution in [-0.2, 0) is 0 Å². The maximum atomic E-state index is 5.77. The minimum Gasteiger partial charge on any atom is -0.491 e. The zero-order valence-corrected chi connectivity index (χ0v) is 9.74. The molecular weight excluding hydrogens is 190 g/mol. The third kappa shape index (κ3) is 4.08. The number of nitrogens with two attached hydrogens (primary N) is 1. The van der Waals surface area contributed by atoms with Gasteiger partial charge in [0.1, 0.15) is 5.75 Å². The van der Waals surface area contributed by atoms with Gasteiger partial charge in [0.25, 0.3) is 0 Å². The summed E-state index contributed by atoms with van der Waals surface area (Å²) in [4.78, 5) is 0. The summed E-state index contributed by atoms with van der Waals surface area (Å²) in [6.45, 7) is 3.98. The summed E-state index contributed by atoms with van der Waals surface area (Å²) in [6, 6.07) is 5.62. The number of nitrogens with one attached hydrogen (secondary N) is 1. The summed E-state index contributed by atoms with van der Waals surface area (Å²) < 4.78 is 5.58. The lowest BCUT2D eigenvalue weighted by atomic mass is 10.2. The molecule has 0 radical (unpaired) electrons. The standard InChI is InChI=1S/C11H19N3O/c1-8(2)15-11-6-9(12)5-10(7-11)13-14(3)4/h5-8,13H,12H2,1-4H3. The molecule has 0 aromatic heterocycles. The summed E-state index contributed by atoms with van der Waals surface area (Å²) in [5.74, 6) is 0.786. The third-order valence-electron chi connectivity index (χ3n) is 1.65. The zero-order valence-electron chi connectivity index (χ0n) is 9.74. The highest BCUT2D eigenvalue weighted by atomic mass is 16.5. The van der Waals surface area contributed by atoms with Crippen molar-refractivity contribution >= 4 is 11.4 Å². The van der Waals surface area contributed by atoms with Gasteiger partial charge in [-0.25, -0.2) is 5.01 Å². The highest BCUT2D eigenvalue weighted by molar-refractivity contribution is 5.58. The Morgan fingerprint density at radius 2 is 1.93 bits per heavy atom. The molecule has 0 saturated carbocycles. The van der Waals surface area contributed by atoms with Crippen molar-refractivity contribution in [1.29, 1.82) is 0 Å². The Labute approximate surface area is 91.0 Å². The van der Waals surface area contributed by atoms with Gasteiger partial charge in [0.15, 0.2) is 0 Å². The van der Waals surface area contributed by atoms with Crippen LogP contribution >= 0.6 is 0 Å². The molecule has 4 nitrogen and oxygen atoms in total. The van der Waals surface area contributed by atoms with E-state index in [0.29, 0.717) is 5.69 Å². The van der Waals surface area contributed by atoms with E-state index >= 15 is 0 Å². The molecule has 0 aliphatic carbocycles. The molecule has 0 fully saturated rings. The van der Waals surface area contributed by atoms with Gasteiger partial charge in [-0.05, 0) is 19.9 Å². The summed E-state index contributed by atoms with van der Waals surface area (Å²) in [6.07, 6.45) is 0.152. The number of hydrogen-bond acceptors (Lipinski definition) is 4. The van der Waals surface area contributed by atoms with E-state index in [-0.39, 0.29) is 6.10 Å². The van der Waals surface area contributed by atoms with Crippen LogP contribution in [0.5, 0.6) is 5.75 Å². The van der Waals surface area contributed by atoms with Crippen LogP contribution in [0.1, 0.15) is 13.8 Å². The number of hydrazine groups is 1. The average molecular weight is 209 g/mol.